The number of nitrogens with zero attached hydrogens (tertiary/aromatic N) is 1. The molecule has 1 aliphatic rings. The Hall–Kier alpha value is -2.03. The Morgan fingerprint density at radius 3 is 3.00 bits per heavy atom. The molecule has 1 aliphatic heterocycles. The molecule has 0 saturated heterocycles. The number of hydrogen-bond donors (Lipinski definition) is 1. The number of hydrogen-bond acceptors (Lipinski definition) is 3. The van der Waals surface area contributed by atoms with Crippen LogP contribution in [0.5, 0.6) is 0 Å². The maximum Gasteiger partial charge on any atom is 0.0996 e. The molecule has 3 heteroatoms. The van der Waals surface area contributed by atoms with Crippen LogP contribution >= 0.6 is 0 Å². The van der Waals surface area contributed by atoms with Gasteiger partial charge in [0.25, 0.3) is 0 Å². The largest absolute Gasteiger partial charge is 0.472 e. The Labute approximate surface area is 87.2 Å². The van der Waals surface area contributed by atoms with Gasteiger partial charge in [-0.1, -0.05) is 6.07 Å². The average molecular weight is 198 g/mol. The number of furan rings is 1. The van der Waals surface area contributed by atoms with Crippen molar-refractivity contribution < 1.29 is 4.42 Å². The third kappa shape index (κ3) is 1.24. The molecule has 74 valence electrons. The first-order valence-corrected chi connectivity index (χ1v) is 4.80. The second kappa shape index (κ2) is 2.98. The molecule has 0 radical (unpaired) electrons. The summed E-state index contributed by atoms with van der Waals surface area (Å²) in [6, 6.07) is 7.82. The fraction of sp³-hybridized carbons (Fsp3) is 0.0833. The van der Waals surface area contributed by atoms with Gasteiger partial charge in [0.15, 0.2) is 0 Å². The average Bonchev–Trinajstić information content (AvgIpc) is 2.83. The van der Waals surface area contributed by atoms with E-state index in [0.717, 1.165) is 29.1 Å². The van der Waals surface area contributed by atoms with E-state index in [1.165, 1.54) is 5.56 Å². The third-order valence-electron chi connectivity index (χ3n) is 2.59. The molecular weight excluding hydrogens is 188 g/mol. The lowest BCUT2D eigenvalue weighted by Crippen LogP contribution is -2.00. The predicted octanol–water partition coefficient (Wildman–Crippen LogP) is 2.21. The molecule has 0 aliphatic carbocycles. The third-order valence-corrected chi connectivity index (χ3v) is 2.59. The van der Waals surface area contributed by atoms with Crippen LogP contribution in [0.4, 0.5) is 5.69 Å². The summed E-state index contributed by atoms with van der Waals surface area (Å²) in [5, 5.41) is 0. The molecule has 0 amide bonds. The highest BCUT2D eigenvalue weighted by molar-refractivity contribution is 6.15. The van der Waals surface area contributed by atoms with Crippen LogP contribution in [-0.2, 0) is 6.54 Å². The van der Waals surface area contributed by atoms with E-state index in [0.29, 0.717) is 0 Å². The van der Waals surface area contributed by atoms with E-state index >= 15 is 0 Å². The summed E-state index contributed by atoms with van der Waals surface area (Å²) in [5.74, 6) is 0. The smallest absolute Gasteiger partial charge is 0.0996 e. The zero-order chi connectivity index (χ0) is 10.3. The number of nitrogens with two attached hydrogens (primary N) is 1. The molecule has 2 heterocycles. The van der Waals surface area contributed by atoms with Gasteiger partial charge in [-0.05, 0) is 23.8 Å². The highest BCUT2D eigenvalue weighted by Gasteiger charge is 2.17. The van der Waals surface area contributed by atoms with E-state index in [1.54, 1.807) is 12.5 Å². The summed E-state index contributed by atoms with van der Waals surface area (Å²) in [4.78, 5) is 4.49. The maximum absolute atomic E-state index is 5.77. The van der Waals surface area contributed by atoms with Crippen molar-refractivity contribution in [2.45, 2.75) is 6.54 Å². The van der Waals surface area contributed by atoms with Crippen LogP contribution in [0.3, 0.4) is 0 Å². The van der Waals surface area contributed by atoms with Crippen molar-refractivity contribution in [2.75, 3.05) is 5.73 Å². The first-order valence-electron chi connectivity index (χ1n) is 4.80. The fourth-order valence-corrected chi connectivity index (χ4v) is 1.85. The van der Waals surface area contributed by atoms with Crippen LogP contribution in [0.2, 0.25) is 0 Å². The van der Waals surface area contributed by atoms with E-state index in [-0.39, 0.29) is 0 Å². The highest BCUT2D eigenvalue weighted by Crippen LogP contribution is 2.25. The molecule has 3 rings (SSSR count). The molecule has 2 N–H and O–H groups in total. The van der Waals surface area contributed by atoms with Gasteiger partial charge >= 0.3 is 0 Å². The standard InChI is InChI=1S/C12H10N2O/c13-10-2-1-8-6-14-12(11(8)5-10)9-3-4-15-7-9/h1-5,7H,6,13H2. The topological polar surface area (TPSA) is 51.5 Å². The maximum atomic E-state index is 5.77. The van der Waals surface area contributed by atoms with Gasteiger partial charge in [-0.25, -0.2) is 0 Å². The van der Waals surface area contributed by atoms with Crippen LogP contribution in [0, 0.1) is 0 Å². The van der Waals surface area contributed by atoms with Crippen LogP contribution in [0.25, 0.3) is 0 Å². The SMILES string of the molecule is Nc1ccc2c(c1)C(c1ccoc1)=NC2. The van der Waals surface area contributed by atoms with Gasteiger partial charge in [0.05, 0.1) is 24.8 Å². The first kappa shape index (κ1) is 8.29. The summed E-state index contributed by atoms with van der Waals surface area (Å²) in [6.45, 7) is 0.732. The van der Waals surface area contributed by atoms with E-state index < -0.39 is 0 Å². The molecule has 1 aromatic heterocycles. The molecule has 0 spiro atoms. The minimum Gasteiger partial charge on any atom is -0.472 e. The van der Waals surface area contributed by atoms with Gasteiger partial charge < -0.3 is 10.2 Å². The van der Waals surface area contributed by atoms with Gasteiger partial charge in [-0.15, -0.1) is 0 Å². The van der Waals surface area contributed by atoms with Crippen LogP contribution < -0.4 is 5.73 Å². The summed E-state index contributed by atoms with van der Waals surface area (Å²) >= 11 is 0. The fourth-order valence-electron chi connectivity index (χ4n) is 1.85. The predicted molar refractivity (Wildman–Crippen MR) is 58.9 cm³/mol. The van der Waals surface area contributed by atoms with Crippen molar-refractivity contribution in [3.8, 4) is 0 Å². The van der Waals surface area contributed by atoms with E-state index in [4.69, 9.17) is 10.2 Å². The molecule has 15 heavy (non-hydrogen) atoms. The molecular formula is C12H10N2O. The number of nitrogen functional groups attached to an aromatic ring is 1. The van der Waals surface area contributed by atoms with Crippen molar-refractivity contribution >= 4 is 11.4 Å². The Bertz CT molecular complexity index is 527. The number of rotatable bonds is 1. The quantitative estimate of drug-likeness (QED) is 0.714. The van der Waals surface area contributed by atoms with Gasteiger partial charge in [-0.3, -0.25) is 4.99 Å². The minimum absolute atomic E-state index is 0.732. The van der Waals surface area contributed by atoms with Crippen molar-refractivity contribution in [1.82, 2.24) is 0 Å². The molecule has 0 atom stereocenters. The lowest BCUT2D eigenvalue weighted by atomic mass is 10.0. The molecule has 0 fully saturated rings. The monoisotopic (exact) mass is 198 g/mol. The normalized spacial score (nSPS) is 13.7. The highest BCUT2D eigenvalue weighted by atomic mass is 16.3. The van der Waals surface area contributed by atoms with Crippen molar-refractivity contribution in [3.05, 3.63) is 53.5 Å². The number of anilines is 1. The zero-order valence-corrected chi connectivity index (χ0v) is 8.10. The minimum atomic E-state index is 0.732. The second-order valence-electron chi connectivity index (χ2n) is 3.59. The molecule has 0 saturated carbocycles. The lowest BCUT2D eigenvalue weighted by Gasteiger charge is -2.02. The van der Waals surface area contributed by atoms with E-state index in [9.17, 15) is 0 Å². The Morgan fingerprint density at radius 1 is 1.27 bits per heavy atom. The molecule has 0 unspecified atom stereocenters. The number of aliphatic imine (C=N–C) groups is 1. The summed E-state index contributed by atoms with van der Waals surface area (Å²) in [6.07, 6.45) is 3.36. The van der Waals surface area contributed by atoms with E-state index in [1.807, 2.05) is 24.3 Å². The Kier molecular flexibility index (Phi) is 1.65. The Morgan fingerprint density at radius 2 is 2.20 bits per heavy atom. The molecule has 3 nitrogen and oxygen atoms in total. The summed E-state index contributed by atoms with van der Waals surface area (Å²) in [5.41, 5.74) is 10.9. The molecule has 1 aromatic carbocycles. The zero-order valence-electron chi connectivity index (χ0n) is 8.10. The second-order valence-corrected chi connectivity index (χ2v) is 3.59. The van der Waals surface area contributed by atoms with Crippen molar-refractivity contribution in [3.63, 3.8) is 0 Å². The summed E-state index contributed by atoms with van der Waals surface area (Å²) in [7, 11) is 0. The number of benzene rings is 1. The Balaban J connectivity index is 2.14. The van der Waals surface area contributed by atoms with Crippen LogP contribution in [0.1, 0.15) is 16.7 Å². The molecule has 2 aromatic rings. The van der Waals surface area contributed by atoms with Crippen molar-refractivity contribution in [2.24, 2.45) is 4.99 Å². The van der Waals surface area contributed by atoms with Crippen molar-refractivity contribution in [1.29, 1.82) is 0 Å². The van der Waals surface area contributed by atoms with Gasteiger partial charge in [0, 0.05) is 16.8 Å². The van der Waals surface area contributed by atoms with Crippen LogP contribution in [-0.4, -0.2) is 5.71 Å². The summed E-state index contributed by atoms with van der Waals surface area (Å²) < 4.78 is 5.06. The van der Waals surface area contributed by atoms with E-state index in [2.05, 4.69) is 4.99 Å². The molecule has 0 bridgehead atoms. The first-order chi connectivity index (χ1) is 7.34. The lowest BCUT2D eigenvalue weighted by molar-refractivity contribution is 0.567. The van der Waals surface area contributed by atoms with Gasteiger partial charge in [0.2, 0.25) is 0 Å². The van der Waals surface area contributed by atoms with Crippen LogP contribution in [0.15, 0.2) is 46.2 Å². The van der Waals surface area contributed by atoms with Gasteiger partial charge in [0.1, 0.15) is 0 Å². The van der Waals surface area contributed by atoms with Gasteiger partial charge in [-0.2, -0.15) is 0 Å². The number of fused-ring (bicyclic) bond motifs is 1.